The molecule has 1 aliphatic rings. The second kappa shape index (κ2) is 6.33. The summed E-state index contributed by atoms with van der Waals surface area (Å²) in [4.78, 5) is 1.45. The molecular weight excluding hydrogens is 330 g/mol. The molecule has 1 heterocycles. The predicted octanol–water partition coefficient (Wildman–Crippen LogP) is 4.60. The van der Waals surface area contributed by atoms with Gasteiger partial charge in [-0.15, -0.1) is 11.8 Å². The van der Waals surface area contributed by atoms with Crippen LogP contribution < -0.4 is 5.73 Å². The first-order valence-corrected chi connectivity index (χ1v) is 8.63. The van der Waals surface area contributed by atoms with Gasteiger partial charge in [0.1, 0.15) is 0 Å². The van der Waals surface area contributed by atoms with Crippen LogP contribution in [0.4, 0.5) is 0 Å². The van der Waals surface area contributed by atoms with E-state index in [1.165, 1.54) is 22.4 Å². The standard InChI is InChI=1S/C17H18BrNS/c18-15-7-5-12(6-8-15)14(11-19)10-16-9-13-3-1-2-4-17(13)20-16/h1-8,14,16H,9-11,19H2. The van der Waals surface area contributed by atoms with Crippen molar-refractivity contribution < 1.29 is 0 Å². The Bertz CT molecular complexity index is 557. The van der Waals surface area contributed by atoms with E-state index in [4.69, 9.17) is 5.73 Å². The molecular formula is C17H18BrNS. The zero-order chi connectivity index (χ0) is 13.9. The van der Waals surface area contributed by atoms with E-state index in [0.717, 1.165) is 17.4 Å². The second-order valence-corrected chi connectivity index (χ2v) is 7.53. The van der Waals surface area contributed by atoms with Crippen LogP contribution in [0.1, 0.15) is 23.5 Å². The van der Waals surface area contributed by atoms with Crippen LogP contribution in [0.3, 0.4) is 0 Å². The second-order valence-electron chi connectivity index (χ2n) is 5.27. The molecule has 2 N–H and O–H groups in total. The summed E-state index contributed by atoms with van der Waals surface area (Å²) in [7, 11) is 0. The van der Waals surface area contributed by atoms with Gasteiger partial charge >= 0.3 is 0 Å². The molecule has 0 saturated carbocycles. The molecule has 0 amide bonds. The van der Waals surface area contributed by atoms with E-state index in [2.05, 4.69) is 64.5 Å². The van der Waals surface area contributed by atoms with E-state index >= 15 is 0 Å². The lowest BCUT2D eigenvalue weighted by atomic mass is 9.92. The highest BCUT2D eigenvalue weighted by atomic mass is 79.9. The van der Waals surface area contributed by atoms with Crippen LogP contribution in [-0.2, 0) is 6.42 Å². The Balaban J connectivity index is 1.69. The van der Waals surface area contributed by atoms with E-state index in [0.29, 0.717) is 11.2 Å². The number of hydrogen-bond donors (Lipinski definition) is 1. The van der Waals surface area contributed by atoms with Crippen molar-refractivity contribution in [1.82, 2.24) is 0 Å². The Morgan fingerprint density at radius 2 is 1.90 bits per heavy atom. The van der Waals surface area contributed by atoms with Gasteiger partial charge in [0.05, 0.1) is 0 Å². The number of nitrogens with two attached hydrogens (primary N) is 1. The highest BCUT2D eigenvalue weighted by Gasteiger charge is 2.25. The molecule has 0 spiro atoms. The molecule has 3 rings (SSSR count). The lowest BCUT2D eigenvalue weighted by Gasteiger charge is -2.19. The Morgan fingerprint density at radius 1 is 1.15 bits per heavy atom. The molecule has 0 aromatic heterocycles. The van der Waals surface area contributed by atoms with Crippen molar-refractivity contribution in [2.75, 3.05) is 6.54 Å². The minimum absolute atomic E-state index is 0.454. The molecule has 104 valence electrons. The van der Waals surface area contributed by atoms with Gasteiger partial charge in [-0.3, -0.25) is 0 Å². The molecule has 2 unspecified atom stereocenters. The first kappa shape index (κ1) is 14.2. The van der Waals surface area contributed by atoms with Crippen LogP contribution in [0.5, 0.6) is 0 Å². The van der Waals surface area contributed by atoms with Crippen molar-refractivity contribution in [3.63, 3.8) is 0 Å². The maximum absolute atomic E-state index is 6.01. The van der Waals surface area contributed by atoms with Crippen LogP contribution >= 0.6 is 27.7 Å². The molecule has 1 aliphatic heterocycles. The largest absolute Gasteiger partial charge is 0.330 e. The monoisotopic (exact) mass is 347 g/mol. The lowest BCUT2D eigenvalue weighted by molar-refractivity contribution is 0.614. The van der Waals surface area contributed by atoms with Crippen LogP contribution in [-0.4, -0.2) is 11.8 Å². The third-order valence-electron chi connectivity index (χ3n) is 3.89. The third-order valence-corrected chi connectivity index (χ3v) is 5.76. The van der Waals surface area contributed by atoms with Gasteiger partial charge in [0.15, 0.2) is 0 Å². The molecule has 20 heavy (non-hydrogen) atoms. The molecule has 3 heteroatoms. The fourth-order valence-corrected chi connectivity index (χ4v) is 4.48. The summed E-state index contributed by atoms with van der Waals surface area (Å²) in [6, 6.07) is 17.3. The van der Waals surface area contributed by atoms with Crippen molar-refractivity contribution >= 4 is 27.7 Å². The number of hydrogen-bond acceptors (Lipinski definition) is 2. The number of thioether (sulfide) groups is 1. The number of fused-ring (bicyclic) bond motifs is 1. The zero-order valence-electron chi connectivity index (χ0n) is 11.3. The van der Waals surface area contributed by atoms with Crippen LogP contribution in [0.2, 0.25) is 0 Å². The number of halogens is 1. The fraction of sp³-hybridized carbons (Fsp3) is 0.294. The molecule has 0 fully saturated rings. The normalized spacial score (nSPS) is 18.8. The summed E-state index contributed by atoms with van der Waals surface area (Å²) in [6.45, 7) is 0.717. The quantitative estimate of drug-likeness (QED) is 0.874. The van der Waals surface area contributed by atoms with Gasteiger partial charge in [0, 0.05) is 14.6 Å². The maximum atomic E-state index is 6.01. The Labute approximate surface area is 133 Å². The minimum Gasteiger partial charge on any atom is -0.330 e. The van der Waals surface area contributed by atoms with E-state index < -0.39 is 0 Å². The van der Waals surface area contributed by atoms with Gasteiger partial charge in [-0.05, 0) is 54.6 Å². The number of benzene rings is 2. The number of rotatable bonds is 4. The van der Waals surface area contributed by atoms with Gasteiger partial charge in [-0.1, -0.05) is 46.3 Å². The molecule has 0 saturated heterocycles. The Kier molecular flexibility index (Phi) is 4.49. The van der Waals surface area contributed by atoms with Crippen molar-refractivity contribution in [3.05, 3.63) is 64.1 Å². The van der Waals surface area contributed by atoms with Gasteiger partial charge in [0.2, 0.25) is 0 Å². The van der Waals surface area contributed by atoms with Crippen LogP contribution in [0.25, 0.3) is 0 Å². The average Bonchev–Trinajstić information content (AvgIpc) is 2.88. The lowest BCUT2D eigenvalue weighted by Crippen LogP contribution is -2.17. The molecule has 1 nitrogen and oxygen atoms in total. The van der Waals surface area contributed by atoms with Crippen LogP contribution in [0, 0.1) is 0 Å². The maximum Gasteiger partial charge on any atom is 0.0175 e. The zero-order valence-corrected chi connectivity index (χ0v) is 13.7. The molecule has 0 aliphatic carbocycles. The predicted molar refractivity (Wildman–Crippen MR) is 90.3 cm³/mol. The topological polar surface area (TPSA) is 26.0 Å². The van der Waals surface area contributed by atoms with Gasteiger partial charge in [0.25, 0.3) is 0 Å². The smallest absolute Gasteiger partial charge is 0.0175 e. The molecule has 0 bridgehead atoms. The van der Waals surface area contributed by atoms with E-state index in [-0.39, 0.29) is 0 Å². The van der Waals surface area contributed by atoms with Crippen molar-refractivity contribution in [1.29, 1.82) is 0 Å². The SMILES string of the molecule is NCC(CC1Cc2ccccc2S1)c1ccc(Br)cc1. The van der Waals surface area contributed by atoms with Gasteiger partial charge in [-0.25, -0.2) is 0 Å². The minimum atomic E-state index is 0.454. The summed E-state index contributed by atoms with van der Waals surface area (Å²) < 4.78 is 1.12. The average molecular weight is 348 g/mol. The highest BCUT2D eigenvalue weighted by molar-refractivity contribution is 9.10. The van der Waals surface area contributed by atoms with Crippen LogP contribution in [0.15, 0.2) is 57.9 Å². The highest BCUT2D eigenvalue weighted by Crippen LogP contribution is 2.41. The summed E-state index contributed by atoms with van der Waals surface area (Å²) in [5, 5.41) is 0.657. The summed E-state index contributed by atoms with van der Waals surface area (Å²) in [5.41, 5.74) is 8.85. The summed E-state index contributed by atoms with van der Waals surface area (Å²) in [5.74, 6) is 0.454. The van der Waals surface area contributed by atoms with E-state index in [1.807, 2.05) is 11.8 Å². The molecule has 2 aromatic carbocycles. The fourth-order valence-electron chi connectivity index (χ4n) is 2.81. The van der Waals surface area contributed by atoms with Crippen molar-refractivity contribution in [2.24, 2.45) is 5.73 Å². The Morgan fingerprint density at radius 3 is 2.60 bits per heavy atom. The summed E-state index contributed by atoms with van der Waals surface area (Å²) >= 11 is 5.50. The first-order valence-electron chi connectivity index (χ1n) is 6.96. The van der Waals surface area contributed by atoms with Crippen molar-refractivity contribution in [2.45, 2.75) is 28.9 Å². The van der Waals surface area contributed by atoms with Gasteiger partial charge < -0.3 is 5.73 Å². The Hall–Kier alpha value is -0.770. The molecule has 0 radical (unpaired) electrons. The molecule has 2 aromatic rings. The first-order chi connectivity index (χ1) is 9.76. The van der Waals surface area contributed by atoms with E-state index in [1.54, 1.807) is 0 Å². The van der Waals surface area contributed by atoms with Crippen molar-refractivity contribution in [3.8, 4) is 0 Å². The van der Waals surface area contributed by atoms with E-state index in [9.17, 15) is 0 Å². The molecule has 2 atom stereocenters. The third kappa shape index (κ3) is 3.11. The summed E-state index contributed by atoms with van der Waals surface area (Å²) in [6.07, 6.45) is 2.32. The van der Waals surface area contributed by atoms with Gasteiger partial charge in [-0.2, -0.15) is 0 Å².